The number of benzene rings is 1. The van der Waals surface area contributed by atoms with E-state index in [4.69, 9.17) is 5.41 Å². The normalized spacial score (nSPS) is 11.9. The second-order valence-electron chi connectivity index (χ2n) is 10.7. The van der Waals surface area contributed by atoms with E-state index in [1.165, 1.54) is 47.0 Å². The van der Waals surface area contributed by atoms with E-state index in [9.17, 15) is 0 Å². The van der Waals surface area contributed by atoms with Gasteiger partial charge in [0.2, 0.25) is 0 Å². The van der Waals surface area contributed by atoms with Gasteiger partial charge < -0.3 is 15.6 Å². The summed E-state index contributed by atoms with van der Waals surface area (Å²) in [5.74, 6) is 0. The van der Waals surface area contributed by atoms with Crippen LogP contribution in [0.2, 0.25) is 0 Å². The summed E-state index contributed by atoms with van der Waals surface area (Å²) < 4.78 is 0. The number of pyridine rings is 1. The number of nitrogens with one attached hydrogen (secondary N) is 2. The number of aliphatic imine (C=N–C) groups is 1. The van der Waals surface area contributed by atoms with Crippen LogP contribution in [0.4, 0.5) is 5.69 Å². The average Bonchev–Trinajstić information content (AvgIpc) is 3.15. The zero-order valence-electron chi connectivity index (χ0n) is 34.9. The van der Waals surface area contributed by atoms with E-state index in [-0.39, 0.29) is 0 Å². The van der Waals surface area contributed by atoms with Crippen molar-refractivity contribution < 1.29 is 0 Å². The molecule has 6 heteroatoms. The summed E-state index contributed by atoms with van der Waals surface area (Å²) in [6.07, 6.45) is 14.1. The van der Waals surface area contributed by atoms with Crippen molar-refractivity contribution in [3.63, 3.8) is 0 Å². The minimum atomic E-state index is 0.949. The molecular formula is C43H78N5P. The maximum absolute atomic E-state index is 7.38. The summed E-state index contributed by atoms with van der Waals surface area (Å²) in [6.45, 7) is 41.0. The molecular weight excluding hydrogens is 617 g/mol. The maximum atomic E-state index is 7.38. The minimum Gasteiger partial charge on any atom is -0.369 e. The summed E-state index contributed by atoms with van der Waals surface area (Å²) in [7, 11) is 0.949. The number of allylic oxidation sites excluding steroid dienone is 4. The van der Waals surface area contributed by atoms with E-state index < -0.39 is 0 Å². The van der Waals surface area contributed by atoms with Gasteiger partial charge in [0.05, 0.1) is 5.70 Å². The van der Waals surface area contributed by atoms with Crippen molar-refractivity contribution in [2.24, 2.45) is 4.99 Å². The van der Waals surface area contributed by atoms with Crippen molar-refractivity contribution >= 4 is 31.8 Å². The second kappa shape index (κ2) is 37.9. The number of nitrogens with zero attached hydrogens (tertiary/aromatic N) is 3. The van der Waals surface area contributed by atoms with Gasteiger partial charge >= 0.3 is 0 Å². The Bertz CT molecular complexity index is 1170. The van der Waals surface area contributed by atoms with Crippen molar-refractivity contribution in [1.82, 2.24) is 10.3 Å². The van der Waals surface area contributed by atoms with E-state index in [1.807, 2.05) is 101 Å². The molecule has 1 aliphatic heterocycles. The zero-order chi connectivity index (χ0) is 38.6. The van der Waals surface area contributed by atoms with Crippen molar-refractivity contribution in [3.8, 4) is 0 Å². The van der Waals surface area contributed by atoms with Gasteiger partial charge in [-0.25, -0.2) is 0 Å². The molecule has 0 aliphatic carbocycles. The van der Waals surface area contributed by atoms with E-state index in [0.717, 1.165) is 69.9 Å². The molecule has 1 aromatic heterocycles. The van der Waals surface area contributed by atoms with Crippen LogP contribution in [-0.2, 0) is 12.6 Å². The molecule has 0 bridgehead atoms. The van der Waals surface area contributed by atoms with Gasteiger partial charge in [-0.15, -0.1) is 8.58 Å². The van der Waals surface area contributed by atoms with E-state index in [2.05, 4.69) is 85.4 Å². The van der Waals surface area contributed by atoms with Gasteiger partial charge in [-0.05, 0) is 100 Å². The lowest BCUT2D eigenvalue weighted by molar-refractivity contribution is 0.588. The molecule has 0 saturated carbocycles. The van der Waals surface area contributed by atoms with Crippen LogP contribution < -0.4 is 10.2 Å². The highest BCUT2D eigenvalue weighted by molar-refractivity contribution is 7.36. The summed E-state index contributed by atoms with van der Waals surface area (Å²) in [5.41, 5.74) is 10.7. The summed E-state index contributed by atoms with van der Waals surface area (Å²) in [4.78, 5) is 10.8. The van der Waals surface area contributed by atoms with Gasteiger partial charge in [-0.2, -0.15) is 0 Å². The molecule has 49 heavy (non-hydrogen) atoms. The molecule has 1 fully saturated rings. The van der Waals surface area contributed by atoms with Crippen LogP contribution in [0.5, 0.6) is 0 Å². The number of rotatable bonds is 9. The Hall–Kier alpha value is -2.88. The number of aromatic nitrogens is 1. The van der Waals surface area contributed by atoms with Gasteiger partial charge in [-0.3, -0.25) is 9.98 Å². The highest BCUT2D eigenvalue weighted by atomic mass is 31.1. The number of aryl methyl sites for hydroxylation is 2. The summed E-state index contributed by atoms with van der Waals surface area (Å²) in [5, 5.41) is 10.7. The number of hydrogen-bond donors (Lipinski definition) is 2. The lowest BCUT2D eigenvalue weighted by Crippen LogP contribution is -2.43. The van der Waals surface area contributed by atoms with E-state index >= 15 is 0 Å². The Kier molecular flexibility index (Phi) is 41.0. The maximum Gasteiger partial charge on any atom is 0.0609 e. The first-order valence-corrected chi connectivity index (χ1v) is 20.5. The molecule has 280 valence electrons. The molecule has 3 rings (SSSR count). The first-order chi connectivity index (χ1) is 23.6. The van der Waals surface area contributed by atoms with Gasteiger partial charge in [0, 0.05) is 56.2 Å². The Morgan fingerprint density at radius 3 is 1.88 bits per heavy atom. The van der Waals surface area contributed by atoms with Crippen LogP contribution >= 0.6 is 8.58 Å². The fourth-order valence-corrected chi connectivity index (χ4v) is 4.92. The largest absolute Gasteiger partial charge is 0.369 e. The van der Waals surface area contributed by atoms with Crippen LogP contribution in [0.25, 0.3) is 5.57 Å². The molecule has 1 atom stereocenters. The molecule has 0 spiro atoms. The Morgan fingerprint density at radius 1 is 0.939 bits per heavy atom. The van der Waals surface area contributed by atoms with Gasteiger partial charge in [-0.1, -0.05) is 112 Å². The molecule has 1 aliphatic rings. The lowest BCUT2D eigenvalue weighted by Gasteiger charge is -2.30. The average molecular weight is 696 g/mol. The monoisotopic (exact) mass is 696 g/mol. The van der Waals surface area contributed by atoms with Gasteiger partial charge in [0.15, 0.2) is 0 Å². The van der Waals surface area contributed by atoms with E-state index in [1.54, 1.807) is 0 Å². The molecule has 1 saturated heterocycles. The lowest BCUT2D eigenvalue weighted by atomic mass is 9.99. The molecule has 2 aromatic rings. The van der Waals surface area contributed by atoms with Gasteiger partial charge in [0.1, 0.15) is 0 Å². The van der Waals surface area contributed by atoms with Crippen LogP contribution in [-0.4, -0.2) is 49.8 Å². The highest BCUT2D eigenvalue weighted by Crippen LogP contribution is 2.23. The minimum absolute atomic E-state index is 0.949. The third kappa shape index (κ3) is 25.7. The first kappa shape index (κ1) is 52.9. The smallest absolute Gasteiger partial charge is 0.0609 e. The zero-order valence-corrected chi connectivity index (χ0v) is 35.9. The molecule has 2 heterocycles. The standard InChI is InChI=1S/C14H20NP.C10H15N3.C9H15N.C4H10.3C2H6/c1-4-11-6-7-13(12(5-2)9-15)8-14(11)10-16-3;1-9-8-12-3-2-10(9)13-6-4-11-5-7-13;1-6-9(7(2)3)10-8(4)5;1-3-4-2;3*1-2/h5-9,15-16H,4,10H2,1-3H3;2-3,8,11H,4-7H2,1H3;6H,2H2,1,3-5H3;3-4H2,1-2H3;3*1-2H3/b12-5+,15-9?;;9-6-;;;;. The van der Waals surface area contributed by atoms with Crippen LogP contribution in [0.15, 0.2) is 71.7 Å². The first-order valence-electron chi connectivity index (χ1n) is 18.8. The fourth-order valence-electron chi connectivity index (χ4n) is 4.21. The van der Waals surface area contributed by atoms with Gasteiger partial charge in [0.25, 0.3) is 0 Å². The molecule has 5 nitrogen and oxygen atoms in total. The van der Waals surface area contributed by atoms with Crippen molar-refractivity contribution in [3.05, 3.63) is 88.9 Å². The number of hydrogen-bond acceptors (Lipinski definition) is 5. The predicted octanol–water partition coefficient (Wildman–Crippen LogP) is 12.7. The fraction of sp³-hybridized carbons (Fsp3) is 0.558. The predicted molar refractivity (Wildman–Crippen MR) is 232 cm³/mol. The van der Waals surface area contributed by atoms with Crippen molar-refractivity contribution in [2.75, 3.05) is 37.7 Å². The molecule has 1 unspecified atom stereocenters. The number of anilines is 1. The molecule has 0 amide bonds. The Balaban J connectivity index is -0.000000278. The third-order valence-electron chi connectivity index (χ3n) is 6.76. The molecule has 1 aromatic carbocycles. The quantitative estimate of drug-likeness (QED) is 0.156. The number of piperazine rings is 1. The second-order valence-corrected chi connectivity index (χ2v) is 11.7. The van der Waals surface area contributed by atoms with Crippen LogP contribution in [0.3, 0.4) is 0 Å². The topological polar surface area (TPSA) is 64.4 Å². The van der Waals surface area contributed by atoms with Crippen LogP contribution in [0, 0.1) is 12.3 Å². The summed E-state index contributed by atoms with van der Waals surface area (Å²) >= 11 is 0. The van der Waals surface area contributed by atoms with E-state index in [0.29, 0.717) is 0 Å². The number of unbranched alkanes of at least 4 members (excludes halogenated alkanes) is 1. The Labute approximate surface area is 307 Å². The van der Waals surface area contributed by atoms with Crippen molar-refractivity contribution in [2.45, 2.75) is 129 Å². The SMILES string of the molecule is C/C=C(\C=N)c1ccc(CC)c(CPC)c1.C=C(C)/C(=C/C)N=C(C)C.CC.CC.CC.CCCC.Cc1cnccc1N1CCNCC1. The molecule has 0 radical (unpaired) electrons. The summed E-state index contributed by atoms with van der Waals surface area (Å²) in [6, 6.07) is 8.68. The van der Waals surface area contributed by atoms with Crippen LogP contribution in [0.1, 0.15) is 132 Å². The third-order valence-corrected chi connectivity index (χ3v) is 7.49. The highest BCUT2D eigenvalue weighted by Gasteiger charge is 2.11. The van der Waals surface area contributed by atoms with Crippen molar-refractivity contribution in [1.29, 1.82) is 5.41 Å². The molecule has 2 N–H and O–H groups in total. The Morgan fingerprint density at radius 2 is 1.51 bits per heavy atom.